The fourth-order valence-corrected chi connectivity index (χ4v) is 2.80. The second-order valence-electron chi connectivity index (χ2n) is 5.59. The number of methoxy groups -OCH3 is 1. The van der Waals surface area contributed by atoms with Gasteiger partial charge >= 0.3 is 0 Å². The SMILES string of the molecule is CCC(CO)(CNC(C)=O)c1cccc2ccc(OC)cc12. The van der Waals surface area contributed by atoms with E-state index >= 15 is 0 Å². The average Bonchev–Trinajstić information content (AvgIpc) is 2.55. The first-order valence-corrected chi connectivity index (χ1v) is 7.49. The van der Waals surface area contributed by atoms with E-state index in [1.165, 1.54) is 6.92 Å². The second kappa shape index (κ2) is 6.79. The van der Waals surface area contributed by atoms with Gasteiger partial charge in [-0.25, -0.2) is 0 Å². The first-order chi connectivity index (χ1) is 10.6. The molecule has 2 rings (SSSR count). The standard InChI is InChI=1S/C18H23NO3/c1-4-18(12-20,11-19-13(2)21)17-7-5-6-14-8-9-15(22-3)10-16(14)17/h5-10,20H,4,11-12H2,1-3H3,(H,19,21). The summed E-state index contributed by atoms with van der Waals surface area (Å²) in [7, 11) is 1.64. The van der Waals surface area contributed by atoms with Gasteiger partial charge in [0.25, 0.3) is 0 Å². The Morgan fingerprint density at radius 2 is 2.09 bits per heavy atom. The molecule has 0 heterocycles. The Balaban J connectivity index is 2.59. The number of amides is 1. The van der Waals surface area contributed by atoms with Crippen molar-refractivity contribution < 1.29 is 14.6 Å². The lowest BCUT2D eigenvalue weighted by Crippen LogP contribution is -2.42. The van der Waals surface area contributed by atoms with Crippen LogP contribution in [0.2, 0.25) is 0 Å². The summed E-state index contributed by atoms with van der Waals surface area (Å²) in [5, 5.41) is 15.0. The van der Waals surface area contributed by atoms with E-state index in [0.717, 1.165) is 28.5 Å². The summed E-state index contributed by atoms with van der Waals surface area (Å²) in [6.45, 7) is 3.90. The molecule has 1 unspecified atom stereocenters. The first kappa shape index (κ1) is 16.3. The predicted octanol–water partition coefficient (Wildman–Crippen LogP) is 2.62. The summed E-state index contributed by atoms with van der Waals surface area (Å²) in [4.78, 5) is 11.3. The third-order valence-corrected chi connectivity index (χ3v) is 4.32. The van der Waals surface area contributed by atoms with Crippen LogP contribution in [0.25, 0.3) is 10.8 Å². The molecule has 2 aromatic rings. The predicted molar refractivity (Wildman–Crippen MR) is 88.2 cm³/mol. The number of fused-ring (bicyclic) bond motifs is 1. The second-order valence-corrected chi connectivity index (χ2v) is 5.59. The zero-order valence-electron chi connectivity index (χ0n) is 13.3. The zero-order chi connectivity index (χ0) is 16.2. The molecule has 4 heteroatoms. The summed E-state index contributed by atoms with van der Waals surface area (Å²) in [5.74, 6) is 0.687. The number of carbonyl (C=O) groups is 1. The molecule has 0 aliphatic heterocycles. The van der Waals surface area contributed by atoms with Crippen molar-refractivity contribution in [1.82, 2.24) is 5.32 Å². The monoisotopic (exact) mass is 301 g/mol. The lowest BCUT2D eigenvalue weighted by atomic mass is 9.76. The summed E-state index contributed by atoms with van der Waals surface area (Å²) in [6.07, 6.45) is 0.722. The number of aliphatic hydroxyl groups excluding tert-OH is 1. The smallest absolute Gasteiger partial charge is 0.216 e. The molecular formula is C18H23NO3. The van der Waals surface area contributed by atoms with Crippen LogP contribution >= 0.6 is 0 Å². The van der Waals surface area contributed by atoms with Gasteiger partial charge in [0.2, 0.25) is 5.91 Å². The Labute approximate surface area is 131 Å². The van der Waals surface area contributed by atoms with Crippen molar-refractivity contribution in [1.29, 1.82) is 0 Å². The summed E-state index contributed by atoms with van der Waals surface area (Å²) < 4.78 is 5.32. The van der Waals surface area contributed by atoms with Gasteiger partial charge in [0.15, 0.2) is 0 Å². The third-order valence-electron chi connectivity index (χ3n) is 4.32. The van der Waals surface area contributed by atoms with Gasteiger partial charge < -0.3 is 15.2 Å². The van der Waals surface area contributed by atoms with E-state index in [-0.39, 0.29) is 12.5 Å². The number of benzene rings is 2. The van der Waals surface area contributed by atoms with E-state index in [1.54, 1.807) is 7.11 Å². The van der Waals surface area contributed by atoms with Crippen LogP contribution in [-0.4, -0.2) is 31.3 Å². The largest absolute Gasteiger partial charge is 0.497 e. The van der Waals surface area contributed by atoms with Crippen molar-refractivity contribution >= 4 is 16.7 Å². The number of nitrogens with one attached hydrogen (secondary N) is 1. The van der Waals surface area contributed by atoms with Crippen LogP contribution in [0.15, 0.2) is 36.4 Å². The van der Waals surface area contributed by atoms with E-state index in [2.05, 4.69) is 5.32 Å². The van der Waals surface area contributed by atoms with Crippen molar-refractivity contribution in [3.8, 4) is 5.75 Å². The van der Waals surface area contributed by atoms with Gasteiger partial charge in [-0.3, -0.25) is 4.79 Å². The molecule has 2 aromatic carbocycles. The number of ether oxygens (including phenoxy) is 1. The highest BCUT2D eigenvalue weighted by Crippen LogP contribution is 2.34. The normalized spacial score (nSPS) is 13.6. The number of rotatable bonds is 6. The minimum absolute atomic E-state index is 0.0277. The van der Waals surface area contributed by atoms with Crippen LogP contribution in [-0.2, 0) is 10.2 Å². The molecule has 1 amide bonds. The average molecular weight is 301 g/mol. The van der Waals surface area contributed by atoms with Crippen LogP contribution in [0.1, 0.15) is 25.8 Å². The number of aliphatic hydroxyl groups is 1. The molecular weight excluding hydrogens is 278 g/mol. The highest BCUT2D eigenvalue weighted by molar-refractivity contribution is 5.88. The first-order valence-electron chi connectivity index (χ1n) is 7.49. The molecule has 2 N–H and O–H groups in total. The Kier molecular flexibility index (Phi) is 5.03. The van der Waals surface area contributed by atoms with E-state index in [4.69, 9.17) is 4.74 Å². The van der Waals surface area contributed by atoms with E-state index in [9.17, 15) is 9.90 Å². The molecule has 118 valence electrons. The quantitative estimate of drug-likeness (QED) is 0.862. The lowest BCUT2D eigenvalue weighted by molar-refractivity contribution is -0.119. The van der Waals surface area contributed by atoms with Crippen molar-refractivity contribution in [2.45, 2.75) is 25.7 Å². The molecule has 0 saturated heterocycles. The van der Waals surface area contributed by atoms with Crippen LogP contribution in [0.3, 0.4) is 0 Å². The van der Waals surface area contributed by atoms with Crippen molar-refractivity contribution in [2.24, 2.45) is 0 Å². The Bertz CT molecular complexity index is 662. The zero-order valence-corrected chi connectivity index (χ0v) is 13.3. The minimum Gasteiger partial charge on any atom is -0.497 e. The Hall–Kier alpha value is -2.07. The topological polar surface area (TPSA) is 58.6 Å². The summed E-state index contributed by atoms with van der Waals surface area (Å²) in [5.41, 5.74) is 0.528. The fourth-order valence-electron chi connectivity index (χ4n) is 2.80. The van der Waals surface area contributed by atoms with Gasteiger partial charge in [-0.15, -0.1) is 0 Å². The van der Waals surface area contributed by atoms with Crippen LogP contribution < -0.4 is 10.1 Å². The highest BCUT2D eigenvalue weighted by atomic mass is 16.5. The van der Waals surface area contributed by atoms with Crippen molar-refractivity contribution in [3.63, 3.8) is 0 Å². The Morgan fingerprint density at radius 1 is 1.32 bits per heavy atom. The molecule has 1 atom stereocenters. The van der Waals surface area contributed by atoms with E-state index in [1.807, 2.05) is 43.3 Å². The summed E-state index contributed by atoms with van der Waals surface area (Å²) >= 11 is 0. The van der Waals surface area contributed by atoms with Gasteiger partial charge in [0, 0.05) is 18.9 Å². The fraction of sp³-hybridized carbons (Fsp3) is 0.389. The number of carbonyl (C=O) groups excluding carboxylic acids is 1. The molecule has 0 fully saturated rings. The minimum atomic E-state index is -0.502. The third kappa shape index (κ3) is 3.07. The van der Waals surface area contributed by atoms with Crippen molar-refractivity contribution in [3.05, 3.63) is 42.0 Å². The maximum atomic E-state index is 11.3. The lowest BCUT2D eigenvalue weighted by Gasteiger charge is -2.32. The van der Waals surface area contributed by atoms with Crippen LogP contribution in [0.4, 0.5) is 0 Å². The molecule has 0 bridgehead atoms. The van der Waals surface area contributed by atoms with E-state index < -0.39 is 5.41 Å². The number of hydrogen-bond acceptors (Lipinski definition) is 3. The molecule has 0 aliphatic rings. The van der Waals surface area contributed by atoms with Gasteiger partial charge in [0.1, 0.15) is 5.75 Å². The molecule has 0 saturated carbocycles. The summed E-state index contributed by atoms with van der Waals surface area (Å²) in [6, 6.07) is 12.0. The van der Waals surface area contributed by atoms with Gasteiger partial charge in [-0.05, 0) is 34.9 Å². The molecule has 0 radical (unpaired) electrons. The van der Waals surface area contributed by atoms with Gasteiger partial charge in [-0.2, -0.15) is 0 Å². The van der Waals surface area contributed by atoms with Crippen LogP contribution in [0.5, 0.6) is 5.75 Å². The Morgan fingerprint density at radius 3 is 2.68 bits per heavy atom. The van der Waals surface area contributed by atoms with Gasteiger partial charge in [0.05, 0.1) is 13.7 Å². The molecule has 0 aromatic heterocycles. The van der Waals surface area contributed by atoms with Crippen molar-refractivity contribution in [2.75, 3.05) is 20.3 Å². The van der Waals surface area contributed by atoms with Crippen LogP contribution in [0, 0.1) is 0 Å². The molecule has 0 spiro atoms. The molecule has 22 heavy (non-hydrogen) atoms. The molecule has 0 aliphatic carbocycles. The maximum absolute atomic E-state index is 11.3. The van der Waals surface area contributed by atoms with Gasteiger partial charge in [-0.1, -0.05) is 31.2 Å². The van der Waals surface area contributed by atoms with E-state index in [0.29, 0.717) is 6.54 Å². The molecule has 4 nitrogen and oxygen atoms in total. The maximum Gasteiger partial charge on any atom is 0.216 e. The number of hydrogen-bond donors (Lipinski definition) is 2. The highest BCUT2D eigenvalue weighted by Gasteiger charge is 2.31.